The van der Waals surface area contributed by atoms with Gasteiger partial charge in [0.05, 0.1) is 4.92 Å². The molecule has 2 unspecified atom stereocenters. The molecule has 2 bridgehead atoms. The molecular formula is C15H21N3O2. The summed E-state index contributed by atoms with van der Waals surface area (Å²) < 4.78 is 0. The first-order valence-corrected chi connectivity index (χ1v) is 7.28. The van der Waals surface area contributed by atoms with Crippen LogP contribution in [-0.2, 0) is 0 Å². The fourth-order valence-corrected chi connectivity index (χ4v) is 3.67. The van der Waals surface area contributed by atoms with Crippen molar-refractivity contribution in [3.05, 3.63) is 33.9 Å². The Kier molecular flexibility index (Phi) is 3.38. The van der Waals surface area contributed by atoms with Crippen molar-refractivity contribution in [2.45, 2.75) is 50.7 Å². The molecule has 0 saturated carbocycles. The molecule has 5 nitrogen and oxygen atoms in total. The summed E-state index contributed by atoms with van der Waals surface area (Å²) in [6.45, 7) is 1.93. The number of nitro benzene ring substituents is 1. The first-order valence-electron chi connectivity index (χ1n) is 7.28. The predicted molar refractivity (Wildman–Crippen MR) is 79.1 cm³/mol. The lowest BCUT2D eigenvalue weighted by atomic mass is 9.97. The van der Waals surface area contributed by atoms with Crippen LogP contribution in [0.25, 0.3) is 0 Å². The summed E-state index contributed by atoms with van der Waals surface area (Å²) in [5, 5.41) is 14.4. The molecule has 0 spiro atoms. The van der Waals surface area contributed by atoms with Crippen molar-refractivity contribution < 1.29 is 4.92 Å². The van der Waals surface area contributed by atoms with E-state index < -0.39 is 0 Å². The highest BCUT2D eigenvalue weighted by Gasteiger charge is 2.38. The number of benzene rings is 1. The van der Waals surface area contributed by atoms with Gasteiger partial charge in [-0.15, -0.1) is 0 Å². The highest BCUT2D eigenvalue weighted by molar-refractivity contribution is 5.56. The molecule has 2 fully saturated rings. The minimum atomic E-state index is -0.341. The Labute approximate surface area is 119 Å². The first kappa shape index (κ1) is 13.4. The van der Waals surface area contributed by atoms with Crippen molar-refractivity contribution in [2.24, 2.45) is 0 Å². The molecule has 0 aliphatic carbocycles. The molecule has 0 radical (unpaired) electrons. The van der Waals surface area contributed by atoms with E-state index in [0.717, 1.165) is 11.3 Å². The third-order valence-electron chi connectivity index (χ3n) is 4.88. The van der Waals surface area contributed by atoms with Crippen molar-refractivity contribution in [1.82, 2.24) is 4.90 Å². The summed E-state index contributed by atoms with van der Waals surface area (Å²) in [6, 6.07) is 6.96. The van der Waals surface area contributed by atoms with Crippen LogP contribution in [0, 0.1) is 17.0 Å². The molecule has 0 aromatic heterocycles. The molecular weight excluding hydrogens is 254 g/mol. The molecule has 3 rings (SSSR count). The van der Waals surface area contributed by atoms with Gasteiger partial charge in [0.2, 0.25) is 0 Å². The fraction of sp³-hybridized carbons (Fsp3) is 0.600. The summed E-state index contributed by atoms with van der Waals surface area (Å²) in [4.78, 5) is 12.9. The zero-order valence-corrected chi connectivity index (χ0v) is 12.0. The second-order valence-corrected chi connectivity index (χ2v) is 6.12. The van der Waals surface area contributed by atoms with E-state index in [0.29, 0.717) is 18.1 Å². The number of non-ortho nitro benzene ring substituents is 1. The van der Waals surface area contributed by atoms with E-state index in [2.05, 4.69) is 17.3 Å². The van der Waals surface area contributed by atoms with Gasteiger partial charge in [-0.3, -0.25) is 10.1 Å². The van der Waals surface area contributed by atoms with Gasteiger partial charge < -0.3 is 10.2 Å². The van der Waals surface area contributed by atoms with Crippen LogP contribution in [0.5, 0.6) is 0 Å². The van der Waals surface area contributed by atoms with Gasteiger partial charge in [-0.25, -0.2) is 0 Å². The molecule has 2 saturated heterocycles. The maximum atomic E-state index is 10.8. The van der Waals surface area contributed by atoms with E-state index in [-0.39, 0.29) is 10.6 Å². The van der Waals surface area contributed by atoms with Crippen LogP contribution in [0.3, 0.4) is 0 Å². The van der Waals surface area contributed by atoms with Crippen molar-refractivity contribution in [3.8, 4) is 0 Å². The van der Waals surface area contributed by atoms with Gasteiger partial charge in [-0.1, -0.05) is 0 Å². The average Bonchev–Trinajstić information content (AvgIpc) is 2.64. The molecule has 5 heteroatoms. The minimum Gasteiger partial charge on any atom is -0.382 e. The van der Waals surface area contributed by atoms with Crippen molar-refractivity contribution >= 4 is 11.4 Å². The maximum Gasteiger partial charge on any atom is 0.269 e. The maximum absolute atomic E-state index is 10.8. The highest BCUT2D eigenvalue weighted by atomic mass is 16.6. The topological polar surface area (TPSA) is 58.4 Å². The number of anilines is 1. The van der Waals surface area contributed by atoms with Gasteiger partial charge >= 0.3 is 0 Å². The van der Waals surface area contributed by atoms with Crippen molar-refractivity contribution in [2.75, 3.05) is 12.4 Å². The second kappa shape index (κ2) is 5.05. The van der Waals surface area contributed by atoms with Gasteiger partial charge in [0.1, 0.15) is 0 Å². The average molecular weight is 275 g/mol. The van der Waals surface area contributed by atoms with E-state index >= 15 is 0 Å². The van der Waals surface area contributed by atoms with E-state index in [1.807, 2.05) is 13.0 Å². The van der Waals surface area contributed by atoms with Gasteiger partial charge in [-0.05, 0) is 51.3 Å². The molecule has 1 N–H and O–H groups in total. The summed E-state index contributed by atoms with van der Waals surface area (Å²) in [7, 11) is 2.23. The first-order chi connectivity index (χ1) is 9.54. The normalized spacial score (nSPS) is 29.4. The van der Waals surface area contributed by atoms with Crippen LogP contribution < -0.4 is 5.32 Å². The third-order valence-corrected chi connectivity index (χ3v) is 4.88. The Morgan fingerprint density at radius 2 is 1.95 bits per heavy atom. The number of hydrogen-bond acceptors (Lipinski definition) is 4. The lowest BCUT2D eigenvalue weighted by molar-refractivity contribution is -0.384. The molecule has 1 aromatic rings. The number of rotatable bonds is 3. The van der Waals surface area contributed by atoms with Crippen LogP contribution in [0.4, 0.5) is 11.4 Å². The Bertz CT molecular complexity index is 518. The number of nitro groups is 1. The van der Waals surface area contributed by atoms with E-state index in [1.54, 1.807) is 12.1 Å². The summed E-state index contributed by atoms with van der Waals surface area (Å²) >= 11 is 0. The Hall–Kier alpha value is -1.62. The Morgan fingerprint density at radius 3 is 2.50 bits per heavy atom. The number of hydrogen-bond donors (Lipinski definition) is 1. The zero-order chi connectivity index (χ0) is 14.3. The number of nitrogens with one attached hydrogen (secondary N) is 1. The van der Waals surface area contributed by atoms with Crippen molar-refractivity contribution in [3.63, 3.8) is 0 Å². The quantitative estimate of drug-likeness (QED) is 0.680. The lowest BCUT2D eigenvalue weighted by Gasteiger charge is -2.37. The molecule has 20 heavy (non-hydrogen) atoms. The van der Waals surface area contributed by atoms with E-state index in [4.69, 9.17) is 0 Å². The SMILES string of the molecule is Cc1cc([N+](=O)[O-])ccc1NC1CC2CCC(C1)N2C. The minimum absolute atomic E-state index is 0.163. The predicted octanol–water partition coefficient (Wildman–Crippen LogP) is 2.94. The van der Waals surface area contributed by atoms with Crippen LogP contribution >= 0.6 is 0 Å². The van der Waals surface area contributed by atoms with Crippen LogP contribution in [0.15, 0.2) is 18.2 Å². The Morgan fingerprint density at radius 1 is 1.30 bits per heavy atom. The van der Waals surface area contributed by atoms with E-state index in [1.165, 1.54) is 25.7 Å². The summed E-state index contributed by atoms with van der Waals surface area (Å²) in [6.07, 6.45) is 4.95. The number of piperidine rings is 1. The van der Waals surface area contributed by atoms with Gasteiger partial charge in [0, 0.05) is 35.9 Å². The lowest BCUT2D eigenvalue weighted by Crippen LogP contribution is -2.44. The van der Waals surface area contributed by atoms with Crippen LogP contribution in [0.1, 0.15) is 31.2 Å². The molecule has 2 heterocycles. The largest absolute Gasteiger partial charge is 0.382 e. The molecule has 108 valence electrons. The summed E-state index contributed by atoms with van der Waals surface area (Å²) in [5.41, 5.74) is 2.14. The summed E-state index contributed by atoms with van der Waals surface area (Å²) in [5.74, 6) is 0. The molecule has 2 aliphatic rings. The molecule has 2 atom stereocenters. The van der Waals surface area contributed by atoms with Gasteiger partial charge in [0.15, 0.2) is 0 Å². The standard InChI is InChI=1S/C15H21N3O2/c1-10-7-14(18(19)20)5-6-15(10)16-11-8-12-3-4-13(9-11)17(12)2/h5-7,11-13,16H,3-4,8-9H2,1-2H3. The molecule has 0 amide bonds. The number of fused-ring (bicyclic) bond motifs is 2. The smallest absolute Gasteiger partial charge is 0.269 e. The Balaban J connectivity index is 1.71. The molecule has 1 aromatic carbocycles. The highest BCUT2D eigenvalue weighted by Crippen LogP contribution is 2.36. The monoisotopic (exact) mass is 275 g/mol. The van der Waals surface area contributed by atoms with E-state index in [9.17, 15) is 10.1 Å². The fourth-order valence-electron chi connectivity index (χ4n) is 3.67. The van der Waals surface area contributed by atoms with Gasteiger partial charge in [0.25, 0.3) is 5.69 Å². The molecule has 2 aliphatic heterocycles. The van der Waals surface area contributed by atoms with Crippen LogP contribution in [0.2, 0.25) is 0 Å². The number of aryl methyl sites for hydroxylation is 1. The zero-order valence-electron chi connectivity index (χ0n) is 12.0. The second-order valence-electron chi connectivity index (χ2n) is 6.12. The van der Waals surface area contributed by atoms with Gasteiger partial charge in [-0.2, -0.15) is 0 Å². The van der Waals surface area contributed by atoms with Crippen LogP contribution in [-0.4, -0.2) is 35.0 Å². The number of nitrogens with zero attached hydrogens (tertiary/aromatic N) is 2. The van der Waals surface area contributed by atoms with Crippen molar-refractivity contribution in [1.29, 1.82) is 0 Å². The third kappa shape index (κ3) is 2.38.